The predicted molar refractivity (Wildman–Crippen MR) is 65.5 cm³/mol. The third kappa shape index (κ3) is 2.25. The van der Waals surface area contributed by atoms with Gasteiger partial charge in [0.1, 0.15) is 0 Å². The van der Waals surface area contributed by atoms with Gasteiger partial charge in [0.05, 0.1) is 13.2 Å². The van der Waals surface area contributed by atoms with Crippen molar-refractivity contribution in [3.8, 4) is 0 Å². The number of nitrogens with zero attached hydrogens (tertiary/aromatic N) is 2. The van der Waals surface area contributed by atoms with Gasteiger partial charge in [-0.2, -0.15) is 0 Å². The molecule has 0 radical (unpaired) electrons. The average molecular weight is 227 g/mol. The Balaban J connectivity index is 2.07. The minimum Gasteiger partial charge on any atom is -0.379 e. The van der Waals surface area contributed by atoms with Crippen molar-refractivity contribution >= 4 is 0 Å². The zero-order valence-corrected chi connectivity index (χ0v) is 10.6. The molecule has 2 heterocycles. The molecule has 1 unspecified atom stereocenters. The molecule has 1 atom stereocenters. The lowest BCUT2D eigenvalue weighted by Crippen LogP contribution is -2.64. The van der Waals surface area contributed by atoms with Crippen LogP contribution in [0.1, 0.15) is 19.8 Å². The molecular weight excluding hydrogens is 202 g/mol. The zero-order valence-electron chi connectivity index (χ0n) is 10.6. The summed E-state index contributed by atoms with van der Waals surface area (Å²) in [4.78, 5) is 5.00. The van der Waals surface area contributed by atoms with E-state index in [1.54, 1.807) is 0 Å². The molecule has 0 aliphatic carbocycles. The summed E-state index contributed by atoms with van der Waals surface area (Å²) in [6.07, 6.45) is 2.40. The molecule has 94 valence electrons. The lowest BCUT2D eigenvalue weighted by molar-refractivity contribution is -0.0742. The van der Waals surface area contributed by atoms with E-state index in [0.29, 0.717) is 6.04 Å². The topological polar surface area (TPSA) is 41.7 Å². The van der Waals surface area contributed by atoms with Crippen molar-refractivity contribution in [3.63, 3.8) is 0 Å². The van der Waals surface area contributed by atoms with Gasteiger partial charge in [-0.05, 0) is 39.9 Å². The summed E-state index contributed by atoms with van der Waals surface area (Å²) in [5, 5.41) is 0. The minimum absolute atomic E-state index is 0.232. The van der Waals surface area contributed by atoms with E-state index in [-0.39, 0.29) is 5.54 Å². The Labute approximate surface area is 98.7 Å². The molecule has 2 fully saturated rings. The van der Waals surface area contributed by atoms with Crippen LogP contribution in [0.5, 0.6) is 0 Å². The van der Waals surface area contributed by atoms with E-state index in [1.165, 1.54) is 25.9 Å². The normalized spacial score (nSPS) is 32.8. The predicted octanol–water partition coefficient (Wildman–Crippen LogP) is 0.130. The molecule has 0 amide bonds. The van der Waals surface area contributed by atoms with Crippen LogP contribution in [0.4, 0.5) is 0 Å². The van der Waals surface area contributed by atoms with Gasteiger partial charge in [-0.3, -0.25) is 4.90 Å². The fourth-order valence-electron chi connectivity index (χ4n) is 3.08. The molecule has 2 saturated heterocycles. The molecule has 2 N–H and O–H groups in total. The van der Waals surface area contributed by atoms with Gasteiger partial charge >= 0.3 is 0 Å². The van der Waals surface area contributed by atoms with Crippen LogP contribution in [0.3, 0.4) is 0 Å². The Hall–Kier alpha value is -0.160. The molecule has 16 heavy (non-hydrogen) atoms. The van der Waals surface area contributed by atoms with Gasteiger partial charge in [0, 0.05) is 24.7 Å². The number of ether oxygens (including phenoxy) is 1. The number of nitrogens with two attached hydrogens (primary N) is 1. The van der Waals surface area contributed by atoms with Crippen LogP contribution in [-0.4, -0.2) is 67.8 Å². The molecule has 2 rings (SSSR count). The average Bonchev–Trinajstić information content (AvgIpc) is 2.32. The van der Waals surface area contributed by atoms with Crippen molar-refractivity contribution in [2.45, 2.75) is 31.3 Å². The second-order valence-electron chi connectivity index (χ2n) is 5.35. The molecule has 0 bridgehead atoms. The van der Waals surface area contributed by atoms with Crippen molar-refractivity contribution in [2.75, 3.05) is 46.4 Å². The maximum atomic E-state index is 6.08. The van der Waals surface area contributed by atoms with Gasteiger partial charge in [0.2, 0.25) is 0 Å². The molecule has 0 saturated carbocycles. The van der Waals surface area contributed by atoms with Crippen LogP contribution in [0.2, 0.25) is 0 Å². The standard InChI is InChI=1S/C12H25N3O/c1-11-9-16-8-7-15(11)12(10-13)3-5-14(2)6-4-12/h11H,3-10,13H2,1-2H3. The van der Waals surface area contributed by atoms with Gasteiger partial charge in [0.15, 0.2) is 0 Å². The van der Waals surface area contributed by atoms with Crippen molar-refractivity contribution in [2.24, 2.45) is 5.73 Å². The largest absolute Gasteiger partial charge is 0.379 e. The first-order valence-electron chi connectivity index (χ1n) is 6.41. The lowest BCUT2D eigenvalue weighted by atomic mass is 9.84. The highest BCUT2D eigenvalue weighted by molar-refractivity contribution is 4.98. The summed E-state index contributed by atoms with van der Waals surface area (Å²) in [5.41, 5.74) is 6.31. The highest BCUT2D eigenvalue weighted by atomic mass is 16.5. The van der Waals surface area contributed by atoms with Crippen LogP contribution in [0.25, 0.3) is 0 Å². The molecule has 0 aromatic carbocycles. The van der Waals surface area contributed by atoms with Crippen molar-refractivity contribution < 1.29 is 4.74 Å². The molecular formula is C12H25N3O. The van der Waals surface area contributed by atoms with Crippen LogP contribution in [0.15, 0.2) is 0 Å². The molecule has 0 aromatic rings. The molecule has 0 spiro atoms. The number of rotatable bonds is 2. The maximum Gasteiger partial charge on any atom is 0.0620 e. The zero-order chi connectivity index (χ0) is 11.6. The first kappa shape index (κ1) is 12.3. The SMILES string of the molecule is CC1COCCN1C1(CN)CCN(C)CC1. The first-order valence-corrected chi connectivity index (χ1v) is 6.41. The molecule has 2 aliphatic heterocycles. The maximum absolute atomic E-state index is 6.08. The highest BCUT2D eigenvalue weighted by Gasteiger charge is 2.41. The summed E-state index contributed by atoms with van der Waals surface area (Å²) >= 11 is 0. The van der Waals surface area contributed by atoms with E-state index >= 15 is 0 Å². The Morgan fingerprint density at radius 1 is 1.31 bits per heavy atom. The van der Waals surface area contributed by atoms with E-state index in [4.69, 9.17) is 10.5 Å². The summed E-state index contributed by atoms with van der Waals surface area (Å²) in [6, 6.07) is 0.515. The Morgan fingerprint density at radius 3 is 2.56 bits per heavy atom. The van der Waals surface area contributed by atoms with Gasteiger partial charge < -0.3 is 15.4 Å². The van der Waals surface area contributed by atoms with E-state index in [9.17, 15) is 0 Å². The highest BCUT2D eigenvalue weighted by Crippen LogP contribution is 2.30. The number of hydrogen-bond donors (Lipinski definition) is 1. The lowest BCUT2D eigenvalue weighted by Gasteiger charge is -2.51. The molecule has 4 nitrogen and oxygen atoms in total. The second-order valence-corrected chi connectivity index (χ2v) is 5.35. The van der Waals surface area contributed by atoms with E-state index in [2.05, 4.69) is 23.8 Å². The fraction of sp³-hybridized carbons (Fsp3) is 1.00. The Bertz CT molecular complexity index is 226. The Morgan fingerprint density at radius 2 is 2.00 bits per heavy atom. The molecule has 4 heteroatoms. The first-order chi connectivity index (χ1) is 7.68. The summed E-state index contributed by atoms with van der Waals surface area (Å²) in [7, 11) is 2.20. The van der Waals surface area contributed by atoms with Crippen molar-refractivity contribution in [1.82, 2.24) is 9.80 Å². The summed E-state index contributed by atoms with van der Waals surface area (Å²) in [6.45, 7) is 8.14. The van der Waals surface area contributed by atoms with Crippen LogP contribution in [0, 0.1) is 0 Å². The Kier molecular flexibility index (Phi) is 3.85. The summed E-state index contributed by atoms with van der Waals surface area (Å²) in [5.74, 6) is 0. The molecule has 2 aliphatic rings. The number of hydrogen-bond acceptors (Lipinski definition) is 4. The van der Waals surface area contributed by atoms with Crippen molar-refractivity contribution in [3.05, 3.63) is 0 Å². The fourth-order valence-corrected chi connectivity index (χ4v) is 3.08. The monoisotopic (exact) mass is 227 g/mol. The number of likely N-dealkylation sites (tertiary alicyclic amines) is 1. The number of morpholine rings is 1. The van der Waals surface area contributed by atoms with Crippen LogP contribution in [-0.2, 0) is 4.74 Å². The molecule has 0 aromatic heterocycles. The van der Waals surface area contributed by atoms with E-state index < -0.39 is 0 Å². The smallest absolute Gasteiger partial charge is 0.0620 e. The van der Waals surface area contributed by atoms with Crippen LogP contribution < -0.4 is 5.73 Å². The van der Waals surface area contributed by atoms with Crippen LogP contribution >= 0.6 is 0 Å². The van der Waals surface area contributed by atoms with Crippen molar-refractivity contribution in [1.29, 1.82) is 0 Å². The minimum atomic E-state index is 0.232. The van der Waals surface area contributed by atoms with E-state index in [0.717, 1.165) is 26.3 Å². The second kappa shape index (κ2) is 5.00. The third-order valence-corrected chi connectivity index (χ3v) is 4.27. The van der Waals surface area contributed by atoms with Gasteiger partial charge in [-0.1, -0.05) is 0 Å². The van der Waals surface area contributed by atoms with Gasteiger partial charge in [0.25, 0.3) is 0 Å². The quantitative estimate of drug-likeness (QED) is 0.728. The van der Waals surface area contributed by atoms with E-state index in [1.807, 2.05) is 0 Å². The van der Waals surface area contributed by atoms with Gasteiger partial charge in [-0.15, -0.1) is 0 Å². The number of piperidine rings is 1. The third-order valence-electron chi connectivity index (χ3n) is 4.27. The summed E-state index contributed by atoms with van der Waals surface area (Å²) < 4.78 is 5.52. The van der Waals surface area contributed by atoms with Gasteiger partial charge in [-0.25, -0.2) is 0 Å².